The van der Waals surface area contributed by atoms with Crippen LogP contribution in [0, 0.1) is 5.92 Å². The van der Waals surface area contributed by atoms with Crippen LogP contribution in [-0.2, 0) is 4.79 Å². The SMILES string of the molecule is CN1CCC(CN2C(=O)CC[C@@H]3[C@H]2CCN3C(=O)c2ccoc2)CC1. The van der Waals surface area contributed by atoms with E-state index in [-0.39, 0.29) is 23.9 Å². The number of rotatable bonds is 3. The first-order valence-electron chi connectivity index (χ1n) is 9.44. The van der Waals surface area contributed by atoms with Crippen molar-refractivity contribution in [2.45, 2.75) is 44.2 Å². The van der Waals surface area contributed by atoms with Crippen molar-refractivity contribution in [2.75, 3.05) is 33.2 Å². The number of carbonyl (C=O) groups is 2. The van der Waals surface area contributed by atoms with Crippen LogP contribution in [0.25, 0.3) is 0 Å². The van der Waals surface area contributed by atoms with Gasteiger partial charge in [0.25, 0.3) is 5.91 Å². The summed E-state index contributed by atoms with van der Waals surface area (Å²) in [4.78, 5) is 31.7. The highest BCUT2D eigenvalue weighted by atomic mass is 16.3. The second-order valence-corrected chi connectivity index (χ2v) is 7.77. The molecule has 0 unspecified atom stereocenters. The van der Waals surface area contributed by atoms with E-state index in [1.807, 2.05) is 4.90 Å². The van der Waals surface area contributed by atoms with E-state index in [9.17, 15) is 9.59 Å². The molecule has 1 aromatic heterocycles. The normalized spacial score (nSPS) is 28.4. The van der Waals surface area contributed by atoms with E-state index in [1.54, 1.807) is 6.07 Å². The lowest BCUT2D eigenvalue weighted by Crippen LogP contribution is -2.54. The molecular weight excluding hydrogens is 318 g/mol. The van der Waals surface area contributed by atoms with Crippen LogP contribution in [0.15, 0.2) is 23.0 Å². The molecule has 3 fully saturated rings. The third-order valence-electron chi connectivity index (χ3n) is 6.21. The number of nitrogens with zero attached hydrogens (tertiary/aromatic N) is 3. The molecule has 3 aliphatic heterocycles. The average Bonchev–Trinajstić information content (AvgIpc) is 3.28. The lowest BCUT2D eigenvalue weighted by molar-refractivity contribution is -0.138. The summed E-state index contributed by atoms with van der Waals surface area (Å²) in [5.41, 5.74) is 0.611. The third kappa shape index (κ3) is 3.19. The van der Waals surface area contributed by atoms with E-state index in [0.29, 0.717) is 17.9 Å². The number of piperidine rings is 2. The summed E-state index contributed by atoms with van der Waals surface area (Å²) in [5.74, 6) is 0.908. The number of hydrogen-bond acceptors (Lipinski definition) is 4. The number of hydrogen-bond donors (Lipinski definition) is 0. The Kier molecular flexibility index (Phi) is 4.54. The van der Waals surface area contributed by atoms with E-state index < -0.39 is 0 Å². The minimum absolute atomic E-state index is 0.0369. The smallest absolute Gasteiger partial charge is 0.257 e. The van der Waals surface area contributed by atoms with Gasteiger partial charge in [0.1, 0.15) is 6.26 Å². The fraction of sp³-hybridized carbons (Fsp3) is 0.684. The monoisotopic (exact) mass is 345 g/mol. The molecule has 1 aromatic rings. The fourth-order valence-corrected chi connectivity index (χ4v) is 4.71. The predicted molar refractivity (Wildman–Crippen MR) is 93.1 cm³/mol. The summed E-state index contributed by atoms with van der Waals surface area (Å²) in [7, 11) is 2.16. The van der Waals surface area contributed by atoms with Crippen LogP contribution in [-0.4, -0.2) is 71.8 Å². The molecule has 6 nitrogen and oxygen atoms in total. The minimum Gasteiger partial charge on any atom is -0.472 e. The second kappa shape index (κ2) is 6.83. The van der Waals surface area contributed by atoms with Gasteiger partial charge in [-0.3, -0.25) is 9.59 Å². The zero-order chi connectivity index (χ0) is 17.4. The van der Waals surface area contributed by atoms with Gasteiger partial charge in [-0.2, -0.15) is 0 Å². The molecule has 136 valence electrons. The molecule has 0 N–H and O–H groups in total. The summed E-state index contributed by atoms with van der Waals surface area (Å²) in [5, 5.41) is 0. The van der Waals surface area contributed by atoms with Crippen molar-refractivity contribution in [2.24, 2.45) is 5.92 Å². The molecule has 0 aliphatic carbocycles. The van der Waals surface area contributed by atoms with Gasteiger partial charge in [0.2, 0.25) is 5.91 Å². The maximum atomic E-state index is 12.7. The standard InChI is InChI=1S/C19H27N3O3/c1-20-8-4-14(5-9-20)12-22-17-6-10-21(16(17)2-3-18(22)23)19(24)15-7-11-25-13-15/h7,11,13-14,16-17H,2-6,8-10,12H2,1H3/t16-,17-/m1/s1. The molecule has 6 heteroatoms. The highest BCUT2D eigenvalue weighted by Gasteiger charge is 2.45. The molecule has 2 atom stereocenters. The first kappa shape index (κ1) is 16.6. The predicted octanol–water partition coefficient (Wildman–Crippen LogP) is 1.83. The molecule has 0 aromatic carbocycles. The van der Waals surface area contributed by atoms with Gasteiger partial charge >= 0.3 is 0 Å². The first-order chi connectivity index (χ1) is 12.1. The highest BCUT2D eigenvalue weighted by Crippen LogP contribution is 2.34. The molecule has 0 radical (unpaired) electrons. The van der Waals surface area contributed by atoms with E-state index in [2.05, 4.69) is 16.8 Å². The van der Waals surface area contributed by atoms with Crippen molar-refractivity contribution < 1.29 is 14.0 Å². The van der Waals surface area contributed by atoms with Crippen molar-refractivity contribution >= 4 is 11.8 Å². The molecule has 25 heavy (non-hydrogen) atoms. The molecule has 0 saturated carbocycles. The zero-order valence-electron chi connectivity index (χ0n) is 14.9. The molecule has 4 heterocycles. The van der Waals surface area contributed by atoms with Gasteiger partial charge in [0.05, 0.1) is 23.9 Å². The zero-order valence-corrected chi connectivity index (χ0v) is 14.9. The van der Waals surface area contributed by atoms with Crippen LogP contribution < -0.4 is 0 Å². The van der Waals surface area contributed by atoms with Crippen LogP contribution in [0.5, 0.6) is 0 Å². The van der Waals surface area contributed by atoms with Crippen LogP contribution >= 0.6 is 0 Å². The average molecular weight is 345 g/mol. The Morgan fingerprint density at radius 2 is 1.96 bits per heavy atom. The highest BCUT2D eigenvalue weighted by molar-refractivity contribution is 5.94. The Bertz CT molecular complexity index is 622. The minimum atomic E-state index is 0.0369. The molecular formula is C19H27N3O3. The lowest BCUT2D eigenvalue weighted by Gasteiger charge is -2.42. The number of furan rings is 1. The maximum absolute atomic E-state index is 12.7. The number of fused-ring (bicyclic) bond motifs is 1. The van der Waals surface area contributed by atoms with E-state index in [4.69, 9.17) is 4.42 Å². The molecule has 0 bridgehead atoms. The molecule has 2 amide bonds. The summed E-state index contributed by atoms with van der Waals surface area (Å²) in [6.45, 7) is 3.83. The Morgan fingerprint density at radius 1 is 1.16 bits per heavy atom. The number of amides is 2. The number of likely N-dealkylation sites (tertiary alicyclic amines) is 3. The summed E-state index contributed by atoms with van der Waals surface area (Å²) < 4.78 is 5.06. The topological polar surface area (TPSA) is 57.0 Å². The molecule has 3 saturated heterocycles. The second-order valence-electron chi connectivity index (χ2n) is 7.77. The fourth-order valence-electron chi connectivity index (χ4n) is 4.71. The van der Waals surface area contributed by atoms with Crippen molar-refractivity contribution in [1.29, 1.82) is 0 Å². The van der Waals surface area contributed by atoms with Crippen molar-refractivity contribution in [1.82, 2.24) is 14.7 Å². The first-order valence-corrected chi connectivity index (χ1v) is 9.44. The Hall–Kier alpha value is -1.82. The summed E-state index contributed by atoms with van der Waals surface area (Å²) in [6, 6.07) is 2.07. The molecule has 0 spiro atoms. The number of carbonyl (C=O) groups excluding carboxylic acids is 2. The van der Waals surface area contributed by atoms with Gasteiger partial charge in [-0.15, -0.1) is 0 Å². The lowest BCUT2D eigenvalue weighted by atomic mass is 9.91. The molecule has 3 aliphatic rings. The van der Waals surface area contributed by atoms with E-state index >= 15 is 0 Å². The van der Waals surface area contributed by atoms with Gasteiger partial charge in [0, 0.05) is 19.5 Å². The van der Waals surface area contributed by atoms with Crippen LogP contribution in [0.1, 0.15) is 42.5 Å². The van der Waals surface area contributed by atoms with E-state index in [0.717, 1.165) is 51.9 Å². The third-order valence-corrected chi connectivity index (χ3v) is 6.21. The van der Waals surface area contributed by atoms with Crippen LogP contribution in [0.3, 0.4) is 0 Å². The van der Waals surface area contributed by atoms with Gasteiger partial charge in [-0.1, -0.05) is 0 Å². The Morgan fingerprint density at radius 3 is 2.68 bits per heavy atom. The van der Waals surface area contributed by atoms with Gasteiger partial charge < -0.3 is 19.1 Å². The Balaban J connectivity index is 1.45. The summed E-state index contributed by atoms with van der Waals surface area (Å²) >= 11 is 0. The molecule has 4 rings (SSSR count). The van der Waals surface area contributed by atoms with Crippen LogP contribution in [0.4, 0.5) is 0 Å². The van der Waals surface area contributed by atoms with Crippen molar-refractivity contribution in [3.63, 3.8) is 0 Å². The Labute approximate surface area is 148 Å². The van der Waals surface area contributed by atoms with Crippen LogP contribution in [0.2, 0.25) is 0 Å². The summed E-state index contributed by atoms with van der Waals surface area (Å²) in [6.07, 6.45) is 7.62. The van der Waals surface area contributed by atoms with Crippen molar-refractivity contribution in [3.05, 3.63) is 24.2 Å². The van der Waals surface area contributed by atoms with Crippen molar-refractivity contribution in [3.8, 4) is 0 Å². The van der Waals surface area contributed by atoms with E-state index in [1.165, 1.54) is 12.5 Å². The quantitative estimate of drug-likeness (QED) is 0.839. The van der Waals surface area contributed by atoms with Gasteiger partial charge in [0.15, 0.2) is 0 Å². The maximum Gasteiger partial charge on any atom is 0.257 e. The largest absolute Gasteiger partial charge is 0.472 e. The van der Waals surface area contributed by atoms with Gasteiger partial charge in [-0.05, 0) is 57.8 Å². The van der Waals surface area contributed by atoms with Gasteiger partial charge in [-0.25, -0.2) is 0 Å².